The van der Waals surface area contributed by atoms with Crippen molar-refractivity contribution >= 4 is 34.7 Å². The van der Waals surface area contributed by atoms with E-state index in [-0.39, 0.29) is 11.7 Å². The van der Waals surface area contributed by atoms with Gasteiger partial charge < -0.3 is 15.5 Å². The standard InChI is InChI=1S/C15H15ClN4O/c1-19-6-7-20(13-5-3-2-4-12(13)19)15(21)10-8-14(17)18-9-11(10)16/h2-5,8-9H,6-7H2,1H3,(H2,17,18). The summed E-state index contributed by atoms with van der Waals surface area (Å²) in [6.07, 6.45) is 1.41. The third kappa shape index (κ3) is 2.40. The SMILES string of the molecule is CN1CCN(C(=O)c2cc(N)ncc2Cl)c2ccccc21. The minimum atomic E-state index is -0.158. The van der Waals surface area contributed by atoms with Crippen molar-refractivity contribution in [3.63, 3.8) is 0 Å². The lowest BCUT2D eigenvalue weighted by Gasteiger charge is -2.35. The second kappa shape index (κ2) is 5.26. The summed E-state index contributed by atoms with van der Waals surface area (Å²) in [6.45, 7) is 1.37. The summed E-state index contributed by atoms with van der Waals surface area (Å²) in [5, 5.41) is 0.311. The number of benzene rings is 1. The van der Waals surface area contributed by atoms with Gasteiger partial charge in [0.25, 0.3) is 5.91 Å². The molecule has 0 unspecified atom stereocenters. The molecule has 1 aromatic carbocycles. The molecule has 5 nitrogen and oxygen atoms in total. The Morgan fingerprint density at radius 3 is 2.76 bits per heavy atom. The zero-order valence-corrected chi connectivity index (χ0v) is 12.3. The van der Waals surface area contributed by atoms with Gasteiger partial charge in [0.15, 0.2) is 0 Å². The van der Waals surface area contributed by atoms with E-state index in [0.717, 1.165) is 17.9 Å². The second-order valence-electron chi connectivity index (χ2n) is 4.96. The molecular formula is C15H15ClN4O. The zero-order chi connectivity index (χ0) is 15.0. The minimum Gasteiger partial charge on any atom is -0.384 e. The van der Waals surface area contributed by atoms with Crippen LogP contribution in [0.1, 0.15) is 10.4 Å². The van der Waals surface area contributed by atoms with Crippen molar-refractivity contribution in [3.05, 3.63) is 47.1 Å². The summed E-state index contributed by atoms with van der Waals surface area (Å²) in [5.74, 6) is 0.125. The molecule has 0 atom stereocenters. The number of nitrogen functional groups attached to an aromatic ring is 1. The molecule has 21 heavy (non-hydrogen) atoms. The fourth-order valence-electron chi connectivity index (χ4n) is 2.48. The van der Waals surface area contributed by atoms with E-state index in [4.69, 9.17) is 17.3 Å². The molecular weight excluding hydrogens is 288 g/mol. The monoisotopic (exact) mass is 302 g/mol. The normalized spacial score (nSPS) is 14.0. The smallest absolute Gasteiger partial charge is 0.260 e. The van der Waals surface area contributed by atoms with Crippen molar-refractivity contribution in [3.8, 4) is 0 Å². The minimum absolute atomic E-state index is 0.158. The number of fused-ring (bicyclic) bond motifs is 1. The average molecular weight is 303 g/mol. The van der Waals surface area contributed by atoms with Crippen LogP contribution < -0.4 is 15.5 Å². The predicted molar refractivity (Wildman–Crippen MR) is 85.0 cm³/mol. The van der Waals surface area contributed by atoms with Crippen LogP contribution in [0.15, 0.2) is 36.5 Å². The van der Waals surface area contributed by atoms with Crippen LogP contribution in [0.25, 0.3) is 0 Å². The molecule has 0 fully saturated rings. The van der Waals surface area contributed by atoms with Crippen LogP contribution in [0.5, 0.6) is 0 Å². The lowest BCUT2D eigenvalue weighted by molar-refractivity contribution is 0.0987. The number of amides is 1. The number of aromatic nitrogens is 1. The van der Waals surface area contributed by atoms with E-state index in [1.165, 1.54) is 12.3 Å². The number of nitrogens with zero attached hydrogens (tertiary/aromatic N) is 3. The fraction of sp³-hybridized carbons (Fsp3) is 0.200. The van der Waals surface area contributed by atoms with E-state index in [0.29, 0.717) is 17.1 Å². The third-order valence-corrected chi connectivity index (χ3v) is 3.90. The molecule has 0 bridgehead atoms. The maximum Gasteiger partial charge on any atom is 0.260 e. The lowest BCUT2D eigenvalue weighted by Crippen LogP contribution is -2.42. The van der Waals surface area contributed by atoms with E-state index in [1.54, 1.807) is 4.90 Å². The molecule has 2 heterocycles. The Morgan fingerprint density at radius 1 is 1.29 bits per heavy atom. The Hall–Kier alpha value is -2.27. The molecule has 0 radical (unpaired) electrons. The highest BCUT2D eigenvalue weighted by molar-refractivity contribution is 6.34. The van der Waals surface area contributed by atoms with Crippen LogP contribution in [0, 0.1) is 0 Å². The fourth-order valence-corrected chi connectivity index (χ4v) is 2.67. The van der Waals surface area contributed by atoms with E-state index < -0.39 is 0 Å². The molecule has 1 amide bonds. The highest BCUT2D eigenvalue weighted by Gasteiger charge is 2.27. The number of halogens is 1. The van der Waals surface area contributed by atoms with Gasteiger partial charge in [-0.25, -0.2) is 4.98 Å². The highest BCUT2D eigenvalue weighted by atomic mass is 35.5. The van der Waals surface area contributed by atoms with Crippen molar-refractivity contribution in [1.29, 1.82) is 0 Å². The molecule has 2 N–H and O–H groups in total. The van der Waals surface area contributed by atoms with Crippen molar-refractivity contribution in [2.45, 2.75) is 0 Å². The van der Waals surface area contributed by atoms with Crippen molar-refractivity contribution < 1.29 is 4.79 Å². The van der Waals surface area contributed by atoms with Gasteiger partial charge in [-0.15, -0.1) is 0 Å². The molecule has 3 rings (SSSR count). The molecule has 6 heteroatoms. The first-order chi connectivity index (χ1) is 10.1. The number of nitrogens with two attached hydrogens (primary N) is 1. The summed E-state index contributed by atoms with van der Waals surface area (Å²) in [6, 6.07) is 9.33. The van der Waals surface area contributed by atoms with Crippen LogP contribution in [0.4, 0.5) is 17.2 Å². The van der Waals surface area contributed by atoms with E-state index in [2.05, 4.69) is 9.88 Å². The summed E-state index contributed by atoms with van der Waals surface area (Å²) >= 11 is 6.09. The lowest BCUT2D eigenvalue weighted by atomic mass is 10.1. The molecule has 0 saturated carbocycles. The predicted octanol–water partition coefficient (Wildman–Crippen LogP) is 2.41. The Labute approximate surface area is 127 Å². The van der Waals surface area contributed by atoms with Crippen LogP contribution in [-0.4, -0.2) is 31.0 Å². The van der Waals surface area contributed by atoms with Gasteiger partial charge in [-0.3, -0.25) is 4.79 Å². The number of hydrogen-bond donors (Lipinski definition) is 1. The number of pyridine rings is 1. The average Bonchev–Trinajstić information content (AvgIpc) is 2.50. The molecule has 0 saturated heterocycles. The first-order valence-electron chi connectivity index (χ1n) is 6.61. The van der Waals surface area contributed by atoms with E-state index >= 15 is 0 Å². The maximum atomic E-state index is 12.8. The summed E-state index contributed by atoms with van der Waals surface area (Å²) in [4.78, 5) is 20.5. The first kappa shape index (κ1) is 13.7. The largest absolute Gasteiger partial charge is 0.384 e. The second-order valence-corrected chi connectivity index (χ2v) is 5.36. The van der Waals surface area contributed by atoms with E-state index in [9.17, 15) is 4.79 Å². The molecule has 0 spiro atoms. The van der Waals surface area contributed by atoms with Gasteiger partial charge >= 0.3 is 0 Å². The number of carbonyl (C=O) groups is 1. The van der Waals surface area contributed by atoms with Crippen molar-refractivity contribution in [2.75, 3.05) is 35.7 Å². The van der Waals surface area contributed by atoms with Crippen molar-refractivity contribution in [1.82, 2.24) is 4.98 Å². The molecule has 2 aromatic rings. The molecule has 108 valence electrons. The quantitative estimate of drug-likeness (QED) is 0.879. The van der Waals surface area contributed by atoms with Crippen LogP contribution >= 0.6 is 11.6 Å². The van der Waals surface area contributed by atoms with Crippen LogP contribution in [0.2, 0.25) is 5.02 Å². The van der Waals surface area contributed by atoms with Gasteiger partial charge in [-0.2, -0.15) is 0 Å². The van der Waals surface area contributed by atoms with Gasteiger partial charge in [0.05, 0.1) is 22.0 Å². The van der Waals surface area contributed by atoms with Gasteiger partial charge in [-0.1, -0.05) is 23.7 Å². The number of para-hydroxylation sites is 2. The topological polar surface area (TPSA) is 62.5 Å². The highest BCUT2D eigenvalue weighted by Crippen LogP contribution is 2.33. The number of rotatable bonds is 1. The zero-order valence-electron chi connectivity index (χ0n) is 11.6. The van der Waals surface area contributed by atoms with Gasteiger partial charge in [-0.05, 0) is 18.2 Å². The van der Waals surface area contributed by atoms with Crippen molar-refractivity contribution in [2.24, 2.45) is 0 Å². The summed E-state index contributed by atoms with van der Waals surface area (Å²) in [5.41, 5.74) is 7.94. The van der Waals surface area contributed by atoms with E-state index in [1.807, 2.05) is 31.3 Å². The van der Waals surface area contributed by atoms with Crippen LogP contribution in [-0.2, 0) is 0 Å². The summed E-state index contributed by atoms with van der Waals surface area (Å²) < 4.78 is 0. The Kier molecular flexibility index (Phi) is 3.43. The molecule has 1 aromatic heterocycles. The molecule has 1 aliphatic heterocycles. The number of anilines is 3. The Bertz CT molecular complexity index is 704. The maximum absolute atomic E-state index is 12.8. The Morgan fingerprint density at radius 2 is 2.00 bits per heavy atom. The van der Waals surface area contributed by atoms with Gasteiger partial charge in [0.1, 0.15) is 5.82 Å². The molecule has 0 aliphatic carbocycles. The first-order valence-corrected chi connectivity index (χ1v) is 6.99. The third-order valence-electron chi connectivity index (χ3n) is 3.59. The molecule has 1 aliphatic rings. The van der Waals surface area contributed by atoms with Gasteiger partial charge in [0, 0.05) is 26.3 Å². The number of carbonyl (C=O) groups excluding carboxylic acids is 1. The summed E-state index contributed by atoms with van der Waals surface area (Å²) in [7, 11) is 2.01. The Balaban J connectivity index is 2.03. The number of likely N-dealkylation sites (N-methyl/N-ethyl adjacent to an activating group) is 1. The van der Waals surface area contributed by atoms with Gasteiger partial charge in [0.2, 0.25) is 0 Å². The van der Waals surface area contributed by atoms with Crippen LogP contribution in [0.3, 0.4) is 0 Å². The number of hydrogen-bond acceptors (Lipinski definition) is 4.